The highest BCUT2D eigenvalue weighted by atomic mass is 16.5. The molecule has 0 aliphatic heterocycles. The van der Waals surface area contributed by atoms with Crippen molar-refractivity contribution < 1.29 is 4.74 Å². The molecule has 0 aromatic carbocycles. The van der Waals surface area contributed by atoms with Crippen molar-refractivity contribution in [1.29, 1.82) is 5.26 Å². The number of hydrogen-bond acceptors (Lipinski definition) is 5. The molecule has 1 atom stereocenters. The summed E-state index contributed by atoms with van der Waals surface area (Å²) in [7, 11) is 0. The number of ether oxygens (including phenoxy) is 1. The molecular weight excluding hydrogens is 448 g/mol. The van der Waals surface area contributed by atoms with Gasteiger partial charge in [-0.05, 0) is 31.2 Å². The van der Waals surface area contributed by atoms with Gasteiger partial charge in [0.15, 0.2) is 0 Å². The fraction of sp³-hybridized carbons (Fsp3) is 0.655. The van der Waals surface area contributed by atoms with E-state index in [4.69, 9.17) is 10.00 Å². The lowest BCUT2D eigenvalue weighted by Gasteiger charge is -2.17. The molecule has 0 aliphatic carbocycles. The molecule has 0 fully saturated rings. The van der Waals surface area contributed by atoms with E-state index in [1.54, 1.807) is 12.5 Å². The molecule has 36 heavy (non-hydrogen) atoms. The summed E-state index contributed by atoms with van der Waals surface area (Å²) in [6.45, 7) is 10.3. The lowest BCUT2D eigenvalue weighted by molar-refractivity contribution is 0.0763. The topological polar surface area (TPSA) is 81.5 Å². The smallest absolute Gasteiger partial charge is 0.145 e. The zero-order valence-corrected chi connectivity index (χ0v) is 22.7. The molecule has 0 saturated heterocycles. The summed E-state index contributed by atoms with van der Waals surface area (Å²) < 4.78 is 9.80. The van der Waals surface area contributed by atoms with E-state index in [1.807, 2.05) is 34.6 Å². The lowest BCUT2D eigenvalue weighted by Crippen LogP contribution is -2.04. The van der Waals surface area contributed by atoms with Crippen LogP contribution in [-0.4, -0.2) is 30.9 Å². The second-order valence-electron chi connectivity index (χ2n) is 11.2. The van der Waals surface area contributed by atoms with Crippen LogP contribution < -0.4 is 0 Å². The third-order valence-corrected chi connectivity index (χ3v) is 6.72. The van der Waals surface area contributed by atoms with Gasteiger partial charge in [-0.3, -0.25) is 4.68 Å². The minimum atomic E-state index is 0.0301. The van der Waals surface area contributed by atoms with Crippen molar-refractivity contribution in [2.75, 3.05) is 6.61 Å². The van der Waals surface area contributed by atoms with Crippen LogP contribution in [-0.2, 0) is 11.5 Å². The van der Waals surface area contributed by atoms with Crippen molar-refractivity contribution in [3.63, 3.8) is 0 Å². The Hall–Kier alpha value is -2.72. The first-order chi connectivity index (χ1) is 17.4. The third kappa shape index (κ3) is 8.74. The highest BCUT2D eigenvalue weighted by Gasteiger charge is 2.14. The molecule has 3 heterocycles. The van der Waals surface area contributed by atoms with Crippen LogP contribution in [0.4, 0.5) is 0 Å². The average Bonchev–Trinajstić information content (AvgIpc) is 3.49. The van der Waals surface area contributed by atoms with Gasteiger partial charge in [-0.2, -0.15) is 10.4 Å². The van der Waals surface area contributed by atoms with Crippen LogP contribution >= 0.6 is 0 Å². The SMILES string of the molecule is CC(CC#N)n1cc(-c2ncnc3c2ccn3COCCCCCCCCCCCC(C)(C)C)cn1. The Kier molecular flexibility index (Phi) is 10.9. The average molecular weight is 493 g/mol. The molecule has 0 radical (unpaired) electrons. The normalized spacial score (nSPS) is 12.8. The van der Waals surface area contributed by atoms with Gasteiger partial charge in [-0.25, -0.2) is 9.97 Å². The maximum absolute atomic E-state index is 8.94. The predicted molar refractivity (Wildman–Crippen MR) is 145 cm³/mol. The minimum absolute atomic E-state index is 0.0301. The molecular formula is C29H44N6O. The largest absolute Gasteiger partial charge is 0.361 e. The van der Waals surface area contributed by atoms with Crippen LogP contribution in [0.3, 0.4) is 0 Å². The Balaban J connectivity index is 1.34. The highest BCUT2D eigenvalue weighted by Crippen LogP contribution is 2.27. The van der Waals surface area contributed by atoms with E-state index in [1.165, 1.54) is 57.8 Å². The Morgan fingerprint density at radius 1 is 1.00 bits per heavy atom. The van der Waals surface area contributed by atoms with E-state index in [9.17, 15) is 0 Å². The van der Waals surface area contributed by atoms with Crippen molar-refractivity contribution in [2.45, 2.75) is 111 Å². The lowest BCUT2D eigenvalue weighted by atomic mass is 9.89. The number of rotatable bonds is 16. The molecule has 0 aliphatic rings. The molecule has 0 N–H and O–H groups in total. The first-order valence-electron chi connectivity index (χ1n) is 13.7. The monoisotopic (exact) mass is 492 g/mol. The number of aromatic nitrogens is 5. The zero-order chi connectivity index (χ0) is 25.8. The Labute approximate surface area is 216 Å². The standard InChI is InChI=1S/C29H44N6O/c1-24(14-17-30)35-21-25(20-33-35)27-26-15-18-34(28(26)32-22-31-27)23-36-19-13-11-9-7-5-6-8-10-12-16-29(2,3)4/h15,18,20-22,24H,5-14,16,19,23H2,1-4H3. The Morgan fingerprint density at radius 2 is 1.69 bits per heavy atom. The molecule has 3 rings (SSSR count). The van der Waals surface area contributed by atoms with Crippen LogP contribution in [0.1, 0.15) is 104 Å². The summed E-state index contributed by atoms with van der Waals surface area (Å²) in [6.07, 6.45) is 21.0. The summed E-state index contributed by atoms with van der Waals surface area (Å²) in [5.41, 5.74) is 3.12. The number of nitrogens with zero attached hydrogens (tertiary/aromatic N) is 6. The van der Waals surface area contributed by atoms with E-state index in [-0.39, 0.29) is 6.04 Å². The Morgan fingerprint density at radius 3 is 2.39 bits per heavy atom. The van der Waals surface area contributed by atoms with E-state index < -0.39 is 0 Å². The van der Waals surface area contributed by atoms with Crippen LogP contribution in [0.2, 0.25) is 0 Å². The van der Waals surface area contributed by atoms with Crippen molar-refractivity contribution in [3.05, 3.63) is 31.0 Å². The minimum Gasteiger partial charge on any atom is -0.361 e. The predicted octanol–water partition coefficient (Wildman–Crippen LogP) is 7.69. The summed E-state index contributed by atoms with van der Waals surface area (Å²) in [6, 6.07) is 4.26. The van der Waals surface area contributed by atoms with Crippen molar-refractivity contribution in [1.82, 2.24) is 24.3 Å². The van der Waals surface area contributed by atoms with Crippen LogP contribution in [0.5, 0.6) is 0 Å². The summed E-state index contributed by atoms with van der Waals surface area (Å²) >= 11 is 0. The molecule has 7 heteroatoms. The first-order valence-corrected chi connectivity index (χ1v) is 13.7. The van der Waals surface area contributed by atoms with E-state index >= 15 is 0 Å². The van der Waals surface area contributed by atoms with Crippen LogP contribution in [0, 0.1) is 16.7 Å². The van der Waals surface area contributed by atoms with Crippen LogP contribution in [0.15, 0.2) is 31.0 Å². The van der Waals surface area contributed by atoms with E-state index in [0.717, 1.165) is 35.3 Å². The van der Waals surface area contributed by atoms with Crippen molar-refractivity contribution in [3.8, 4) is 17.3 Å². The number of unbranched alkanes of at least 4 members (excludes halogenated alkanes) is 8. The second-order valence-corrected chi connectivity index (χ2v) is 11.2. The van der Waals surface area contributed by atoms with Gasteiger partial charge in [-0.1, -0.05) is 72.1 Å². The Bertz CT molecular complexity index is 1090. The van der Waals surface area contributed by atoms with Gasteiger partial charge < -0.3 is 9.30 Å². The quantitative estimate of drug-likeness (QED) is 0.191. The molecule has 3 aromatic rings. The molecule has 0 saturated carbocycles. The highest BCUT2D eigenvalue weighted by molar-refractivity contribution is 5.90. The van der Waals surface area contributed by atoms with Gasteiger partial charge in [0.2, 0.25) is 0 Å². The van der Waals surface area contributed by atoms with Crippen LogP contribution in [0.25, 0.3) is 22.3 Å². The van der Waals surface area contributed by atoms with Crippen molar-refractivity contribution >= 4 is 11.0 Å². The molecule has 7 nitrogen and oxygen atoms in total. The van der Waals surface area contributed by atoms with Gasteiger partial charge in [0.1, 0.15) is 18.7 Å². The number of fused-ring (bicyclic) bond motifs is 1. The molecule has 0 spiro atoms. The van der Waals surface area contributed by atoms with E-state index in [2.05, 4.69) is 41.9 Å². The summed E-state index contributed by atoms with van der Waals surface area (Å²) in [5, 5.41) is 14.3. The first kappa shape index (κ1) is 27.9. The van der Waals surface area contributed by atoms with Gasteiger partial charge in [0.05, 0.1) is 30.4 Å². The summed E-state index contributed by atoms with van der Waals surface area (Å²) in [5.74, 6) is 0. The van der Waals surface area contributed by atoms with Gasteiger partial charge >= 0.3 is 0 Å². The van der Waals surface area contributed by atoms with Crippen molar-refractivity contribution in [2.24, 2.45) is 5.41 Å². The van der Waals surface area contributed by atoms with E-state index in [0.29, 0.717) is 18.6 Å². The molecule has 0 amide bonds. The zero-order valence-electron chi connectivity index (χ0n) is 22.7. The maximum Gasteiger partial charge on any atom is 0.145 e. The fourth-order valence-corrected chi connectivity index (χ4v) is 4.52. The number of nitriles is 1. The molecule has 196 valence electrons. The number of hydrogen-bond donors (Lipinski definition) is 0. The third-order valence-electron chi connectivity index (χ3n) is 6.72. The molecule has 1 unspecified atom stereocenters. The molecule has 0 bridgehead atoms. The maximum atomic E-state index is 8.94. The molecule has 3 aromatic heterocycles. The van der Waals surface area contributed by atoms with Gasteiger partial charge in [-0.15, -0.1) is 0 Å². The fourth-order valence-electron chi connectivity index (χ4n) is 4.52. The second kappa shape index (κ2) is 14.1. The summed E-state index contributed by atoms with van der Waals surface area (Å²) in [4.78, 5) is 8.99. The van der Waals surface area contributed by atoms with Gasteiger partial charge in [0, 0.05) is 30.0 Å². The van der Waals surface area contributed by atoms with Gasteiger partial charge in [0.25, 0.3) is 0 Å².